The third-order valence-electron chi connectivity index (χ3n) is 5.76. The molecule has 0 aliphatic carbocycles. The van der Waals surface area contributed by atoms with Crippen molar-refractivity contribution in [1.29, 1.82) is 0 Å². The summed E-state index contributed by atoms with van der Waals surface area (Å²) in [5.74, 6) is 4.37. The zero-order valence-corrected chi connectivity index (χ0v) is 15.1. The van der Waals surface area contributed by atoms with Crippen LogP contribution in [0.2, 0.25) is 0 Å². The van der Waals surface area contributed by atoms with E-state index in [0.29, 0.717) is 0 Å². The van der Waals surface area contributed by atoms with E-state index in [1.54, 1.807) is 14.2 Å². The number of rotatable bonds is 4. The van der Waals surface area contributed by atoms with Gasteiger partial charge in [0.15, 0.2) is 11.5 Å². The Bertz CT molecular complexity index is 735. The van der Waals surface area contributed by atoms with Crippen LogP contribution in [-0.2, 0) is 13.0 Å². The second-order valence-corrected chi connectivity index (χ2v) is 7.15. The van der Waals surface area contributed by atoms with E-state index < -0.39 is 0 Å². The van der Waals surface area contributed by atoms with Gasteiger partial charge in [0.1, 0.15) is 5.82 Å². The van der Waals surface area contributed by atoms with Crippen molar-refractivity contribution in [3.8, 4) is 22.8 Å². The van der Waals surface area contributed by atoms with Gasteiger partial charge in [-0.05, 0) is 62.4 Å². The topological polar surface area (TPSA) is 48.3 Å². The molecule has 1 saturated heterocycles. The molecule has 0 spiro atoms. The second-order valence-electron chi connectivity index (χ2n) is 7.15. The minimum Gasteiger partial charge on any atom is -0.493 e. The van der Waals surface area contributed by atoms with Gasteiger partial charge in [-0.2, -0.15) is 0 Å². The summed E-state index contributed by atoms with van der Waals surface area (Å²) in [6, 6.07) is 6.02. The van der Waals surface area contributed by atoms with Crippen molar-refractivity contribution in [2.24, 2.45) is 11.8 Å². The third kappa shape index (κ3) is 3.25. The second kappa shape index (κ2) is 7.08. The maximum absolute atomic E-state index is 5.43. The number of aromatic nitrogens is 2. The van der Waals surface area contributed by atoms with Gasteiger partial charge in [-0.25, -0.2) is 4.98 Å². The predicted octanol–water partition coefficient (Wildman–Crippen LogP) is 3.13. The first-order valence-electron chi connectivity index (χ1n) is 9.27. The number of imidazole rings is 1. The number of nitrogens with one attached hydrogen (secondary N) is 1. The van der Waals surface area contributed by atoms with E-state index in [2.05, 4.69) is 22.1 Å². The lowest BCUT2D eigenvalue weighted by Gasteiger charge is -2.33. The Labute approximate surface area is 149 Å². The molecule has 0 bridgehead atoms. The maximum Gasteiger partial charge on any atom is 0.161 e. The van der Waals surface area contributed by atoms with Gasteiger partial charge in [0.25, 0.3) is 0 Å². The lowest BCUT2D eigenvalue weighted by molar-refractivity contribution is 0.205. The van der Waals surface area contributed by atoms with E-state index in [1.807, 2.05) is 12.1 Å². The number of aryl methyl sites for hydroxylation is 1. The summed E-state index contributed by atoms with van der Waals surface area (Å²) < 4.78 is 13.1. The van der Waals surface area contributed by atoms with Crippen LogP contribution in [0, 0.1) is 11.8 Å². The Balaban J connectivity index is 1.56. The van der Waals surface area contributed by atoms with Gasteiger partial charge in [0.05, 0.1) is 19.9 Å². The number of nitrogens with zero attached hydrogens (tertiary/aromatic N) is 2. The first-order chi connectivity index (χ1) is 12.3. The Morgan fingerprint density at radius 1 is 1.04 bits per heavy atom. The van der Waals surface area contributed by atoms with Crippen molar-refractivity contribution in [3.05, 3.63) is 30.2 Å². The molecule has 1 aromatic carbocycles. The Hall–Kier alpha value is -2.01. The number of ether oxygens (including phenoxy) is 2. The fraction of sp³-hybridized carbons (Fsp3) is 0.550. The average molecular weight is 341 g/mol. The fourth-order valence-corrected chi connectivity index (χ4v) is 4.31. The molecular weight excluding hydrogens is 314 g/mol. The first-order valence-corrected chi connectivity index (χ1v) is 9.27. The summed E-state index contributed by atoms with van der Waals surface area (Å²) in [6.45, 7) is 3.46. The molecule has 1 N–H and O–H groups in total. The van der Waals surface area contributed by atoms with Crippen LogP contribution >= 0.6 is 0 Å². The predicted molar refractivity (Wildman–Crippen MR) is 98.2 cm³/mol. The molecular formula is C20H27N3O2. The van der Waals surface area contributed by atoms with Crippen LogP contribution < -0.4 is 14.8 Å². The van der Waals surface area contributed by atoms with Crippen LogP contribution in [0.4, 0.5) is 0 Å². The molecule has 0 amide bonds. The van der Waals surface area contributed by atoms with Crippen LogP contribution in [0.1, 0.15) is 25.1 Å². The molecule has 1 aromatic heterocycles. The summed E-state index contributed by atoms with van der Waals surface area (Å²) in [5, 5.41) is 3.48. The molecule has 5 nitrogen and oxygen atoms in total. The number of hydrogen-bond acceptors (Lipinski definition) is 4. The zero-order chi connectivity index (χ0) is 17.2. The average Bonchev–Trinajstić information content (AvgIpc) is 3.11. The van der Waals surface area contributed by atoms with Crippen molar-refractivity contribution in [1.82, 2.24) is 14.9 Å². The number of methoxy groups -OCH3 is 2. The monoisotopic (exact) mass is 341 g/mol. The molecule has 2 aromatic rings. The lowest BCUT2D eigenvalue weighted by Crippen LogP contribution is -2.35. The van der Waals surface area contributed by atoms with Gasteiger partial charge < -0.3 is 19.4 Å². The molecule has 2 aliphatic heterocycles. The summed E-state index contributed by atoms with van der Waals surface area (Å²) in [6.07, 6.45) is 7.20. The molecule has 0 unspecified atom stereocenters. The van der Waals surface area contributed by atoms with Crippen molar-refractivity contribution in [2.45, 2.75) is 32.2 Å². The summed E-state index contributed by atoms with van der Waals surface area (Å²) >= 11 is 0. The molecule has 0 saturated carbocycles. The van der Waals surface area contributed by atoms with E-state index >= 15 is 0 Å². The van der Waals surface area contributed by atoms with Crippen LogP contribution in [0.3, 0.4) is 0 Å². The standard InChI is InChI=1S/C20H27N3O2/c1-24-18-5-3-15(11-19(18)25-2)17-13-23-12-16(4-6-20(23)22-17)14-7-9-21-10-8-14/h3,5,11,13-14,16,21H,4,6-10,12H2,1-2H3/t16-/m1/s1. The van der Waals surface area contributed by atoms with Crippen molar-refractivity contribution >= 4 is 0 Å². The molecule has 3 heterocycles. The third-order valence-corrected chi connectivity index (χ3v) is 5.76. The highest BCUT2D eigenvalue weighted by atomic mass is 16.5. The molecule has 134 valence electrons. The molecule has 5 heteroatoms. The minimum absolute atomic E-state index is 0.749. The maximum atomic E-state index is 5.43. The molecule has 1 fully saturated rings. The normalized spacial score (nSPS) is 21.0. The van der Waals surface area contributed by atoms with Crippen molar-refractivity contribution < 1.29 is 9.47 Å². The van der Waals surface area contributed by atoms with E-state index in [9.17, 15) is 0 Å². The summed E-state index contributed by atoms with van der Waals surface area (Å²) in [4.78, 5) is 4.89. The Morgan fingerprint density at radius 3 is 2.60 bits per heavy atom. The fourth-order valence-electron chi connectivity index (χ4n) is 4.31. The highest BCUT2D eigenvalue weighted by molar-refractivity contribution is 5.63. The molecule has 4 rings (SSSR count). The quantitative estimate of drug-likeness (QED) is 0.928. The van der Waals surface area contributed by atoms with Gasteiger partial charge in [-0.1, -0.05) is 0 Å². The summed E-state index contributed by atoms with van der Waals surface area (Å²) in [7, 11) is 3.33. The number of piperidine rings is 1. The van der Waals surface area contributed by atoms with E-state index in [-0.39, 0.29) is 0 Å². The smallest absolute Gasteiger partial charge is 0.161 e. The first kappa shape index (κ1) is 16.5. The van der Waals surface area contributed by atoms with Gasteiger partial charge in [0, 0.05) is 24.7 Å². The number of benzene rings is 1. The minimum atomic E-state index is 0.749. The summed E-state index contributed by atoms with van der Waals surface area (Å²) in [5.41, 5.74) is 2.11. The van der Waals surface area contributed by atoms with Gasteiger partial charge in [0.2, 0.25) is 0 Å². The zero-order valence-electron chi connectivity index (χ0n) is 15.1. The van der Waals surface area contributed by atoms with E-state index in [4.69, 9.17) is 14.5 Å². The van der Waals surface area contributed by atoms with E-state index in [1.165, 1.54) is 38.2 Å². The van der Waals surface area contributed by atoms with Crippen LogP contribution in [0.25, 0.3) is 11.3 Å². The highest BCUT2D eigenvalue weighted by Gasteiger charge is 2.28. The molecule has 1 atom stereocenters. The number of hydrogen-bond donors (Lipinski definition) is 1. The van der Waals surface area contributed by atoms with E-state index in [0.717, 1.165) is 47.6 Å². The molecule has 25 heavy (non-hydrogen) atoms. The van der Waals surface area contributed by atoms with Gasteiger partial charge in [-0.15, -0.1) is 0 Å². The van der Waals surface area contributed by atoms with Crippen molar-refractivity contribution in [2.75, 3.05) is 27.3 Å². The van der Waals surface area contributed by atoms with Crippen LogP contribution in [0.5, 0.6) is 11.5 Å². The molecule has 2 aliphatic rings. The SMILES string of the molecule is COc1ccc(-c2cn3c(n2)CC[C@@H](C2CCNCC2)C3)cc1OC. The largest absolute Gasteiger partial charge is 0.493 e. The lowest BCUT2D eigenvalue weighted by atomic mass is 9.81. The van der Waals surface area contributed by atoms with Gasteiger partial charge >= 0.3 is 0 Å². The van der Waals surface area contributed by atoms with Gasteiger partial charge in [-0.3, -0.25) is 0 Å². The molecule has 0 radical (unpaired) electrons. The van der Waals surface area contributed by atoms with Crippen LogP contribution in [0.15, 0.2) is 24.4 Å². The van der Waals surface area contributed by atoms with Crippen molar-refractivity contribution in [3.63, 3.8) is 0 Å². The Kier molecular flexibility index (Phi) is 4.66. The van der Waals surface area contributed by atoms with Crippen LogP contribution in [-0.4, -0.2) is 36.9 Å². The number of fused-ring (bicyclic) bond motifs is 1. The Morgan fingerprint density at radius 2 is 1.84 bits per heavy atom. The highest BCUT2D eigenvalue weighted by Crippen LogP contribution is 2.35.